The zero-order valence-corrected chi connectivity index (χ0v) is 9.56. The van der Waals surface area contributed by atoms with Gasteiger partial charge < -0.3 is 0 Å². The van der Waals surface area contributed by atoms with Gasteiger partial charge in [-0.3, -0.25) is 9.00 Å². The van der Waals surface area contributed by atoms with E-state index in [0.717, 1.165) is 0 Å². The number of carbonyl (C=O) groups excluding carboxylic acids is 1. The Bertz CT molecular complexity index is 446. The standard InChI is InChI=1S/C10H11ClO2S/c1-14(2,13)7-10(12)8-3-5-9(11)6-4-8/h3-7H,1-2H3. The summed E-state index contributed by atoms with van der Waals surface area (Å²) in [4.78, 5) is 11.5. The van der Waals surface area contributed by atoms with Gasteiger partial charge >= 0.3 is 0 Å². The van der Waals surface area contributed by atoms with Crippen LogP contribution < -0.4 is 0 Å². The number of carbonyl (C=O) groups is 1. The molecule has 0 amide bonds. The van der Waals surface area contributed by atoms with Crippen molar-refractivity contribution in [1.29, 1.82) is 0 Å². The Morgan fingerprint density at radius 1 is 1.29 bits per heavy atom. The molecule has 0 aliphatic heterocycles. The predicted octanol–water partition coefficient (Wildman–Crippen LogP) is 1.87. The van der Waals surface area contributed by atoms with E-state index in [4.69, 9.17) is 11.6 Å². The van der Waals surface area contributed by atoms with Gasteiger partial charge in [-0.2, -0.15) is 0 Å². The van der Waals surface area contributed by atoms with E-state index in [9.17, 15) is 9.00 Å². The van der Waals surface area contributed by atoms with Gasteiger partial charge in [-0.05, 0) is 33.8 Å². The van der Waals surface area contributed by atoms with Crippen LogP contribution >= 0.6 is 11.6 Å². The fraction of sp³-hybridized carbons (Fsp3) is 0.200. The zero-order chi connectivity index (χ0) is 10.8. The molecule has 0 bridgehead atoms. The van der Waals surface area contributed by atoms with Crippen LogP contribution in [-0.2, 0) is 9.52 Å². The van der Waals surface area contributed by atoms with E-state index in [-0.39, 0.29) is 5.78 Å². The van der Waals surface area contributed by atoms with E-state index in [2.05, 4.69) is 0 Å². The van der Waals surface area contributed by atoms with Crippen LogP contribution in [0.4, 0.5) is 0 Å². The molecule has 0 aliphatic rings. The molecule has 0 N–H and O–H groups in total. The van der Waals surface area contributed by atoms with Crippen molar-refractivity contribution in [2.45, 2.75) is 0 Å². The fourth-order valence-corrected chi connectivity index (χ4v) is 1.72. The molecule has 76 valence electrons. The van der Waals surface area contributed by atoms with Crippen molar-refractivity contribution in [3.8, 4) is 0 Å². The molecule has 1 aromatic rings. The molecule has 4 heteroatoms. The molecule has 0 aliphatic carbocycles. The van der Waals surface area contributed by atoms with Crippen LogP contribution in [0.5, 0.6) is 0 Å². The Hall–Kier alpha value is -0.800. The first kappa shape index (κ1) is 11.3. The average Bonchev–Trinajstić information content (AvgIpc) is 2.02. The predicted molar refractivity (Wildman–Crippen MR) is 61.8 cm³/mol. The Morgan fingerprint density at radius 3 is 2.21 bits per heavy atom. The lowest BCUT2D eigenvalue weighted by Gasteiger charge is -1.97. The summed E-state index contributed by atoms with van der Waals surface area (Å²) in [5.41, 5.74) is 0.505. The number of halogens is 1. The minimum atomic E-state index is -2.14. The molecule has 0 fully saturated rings. The molecule has 0 aromatic heterocycles. The smallest absolute Gasteiger partial charge is 0.193 e. The van der Waals surface area contributed by atoms with Crippen LogP contribution in [0.3, 0.4) is 0 Å². The number of benzene rings is 1. The van der Waals surface area contributed by atoms with Crippen LogP contribution in [0.1, 0.15) is 10.4 Å². The first-order chi connectivity index (χ1) is 6.38. The van der Waals surface area contributed by atoms with E-state index in [0.29, 0.717) is 10.6 Å². The van der Waals surface area contributed by atoms with Gasteiger partial charge in [0, 0.05) is 28.5 Å². The summed E-state index contributed by atoms with van der Waals surface area (Å²) in [5, 5.41) is 1.83. The Kier molecular flexibility index (Phi) is 3.34. The van der Waals surface area contributed by atoms with E-state index in [1.54, 1.807) is 24.3 Å². The molecule has 0 heterocycles. The summed E-state index contributed by atoms with van der Waals surface area (Å²) in [5.74, 6) is -0.225. The number of hydrogen-bond donors (Lipinski definition) is 0. The lowest BCUT2D eigenvalue weighted by molar-refractivity contribution is 0.107. The molecule has 0 saturated carbocycles. The van der Waals surface area contributed by atoms with Gasteiger partial charge in [-0.1, -0.05) is 11.6 Å². The minimum Gasteiger partial charge on any atom is -0.289 e. The highest BCUT2D eigenvalue weighted by Crippen LogP contribution is 2.09. The van der Waals surface area contributed by atoms with Crippen LogP contribution in [0.15, 0.2) is 24.3 Å². The highest BCUT2D eigenvalue weighted by atomic mass is 35.5. The first-order valence-electron chi connectivity index (χ1n) is 3.97. The second-order valence-corrected chi connectivity index (χ2v) is 6.59. The van der Waals surface area contributed by atoms with Crippen molar-refractivity contribution in [3.05, 3.63) is 34.9 Å². The molecule has 0 saturated heterocycles. The summed E-state index contributed by atoms with van der Waals surface area (Å²) in [7, 11) is -2.14. The number of rotatable bonds is 2. The number of ketones is 1. The van der Waals surface area contributed by atoms with Gasteiger partial charge in [0.05, 0.1) is 0 Å². The third-order valence-corrected chi connectivity index (χ3v) is 2.55. The highest BCUT2D eigenvalue weighted by Gasteiger charge is 2.03. The van der Waals surface area contributed by atoms with Crippen LogP contribution in [0.2, 0.25) is 5.02 Å². The quantitative estimate of drug-likeness (QED) is 0.574. The minimum absolute atomic E-state index is 0.225. The summed E-state index contributed by atoms with van der Waals surface area (Å²) in [6.07, 6.45) is 3.06. The lowest BCUT2D eigenvalue weighted by Crippen LogP contribution is -2.08. The van der Waals surface area contributed by atoms with Crippen LogP contribution in [-0.4, -0.2) is 27.9 Å². The molecule has 14 heavy (non-hydrogen) atoms. The number of Topliss-reactive ketones (excluding diaryl/α,β-unsaturated/α-hetero) is 1. The topological polar surface area (TPSA) is 34.1 Å². The van der Waals surface area contributed by atoms with Crippen molar-refractivity contribution in [2.24, 2.45) is 0 Å². The maximum absolute atomic E-state index is 11.5. The molecule has 0 atom stereocenters. The van der Waals surface area contributed by atoms with Gasteiger partial charge in [0.15, 0.2) is 5.78 Å². The maximum atomic E-state index is 11.5. The Morgan fingerprint density at radius 2 is 1.79 bits per heavy atom. The second kappa shape index (κ2) is 4.15. The molecule has 0 radical (unpaired) electrons. The summed E-state index contributed by atoms with van der Waals surface area (Å²) >= 11 is 5.67. The highest BCUT2D eigenvalue weighted by molar-refractivity contribution is 8.01. The van der Waals surface area contributed by atoms with E-state index >= 15 is 0 Å². The van der Waals surface area contributed by atoms with E-state index < -0.39 is 9.52 Å². The molecular formula is C10H11ClO2S. The normalized spacial score (nSPS) is 11.1. The molecule has 1 aromatic carbocycles. The molecule has 2 nitrogen and oxygen atoms in total. The van der Waals surface area contributed by atoms with Crippen molar-refractivity contribution in [2.75, 3.05) is 12.5 Å². The van der Waals surface area contributed by atoms with Crippen LogP contribution in [0.25, 0.3) is 0 Å². The molecular weight excluding hydrogens is 220 g/mol. The maximum Gasteiger partial charge on any atom is 0.193 e. The zero-order valence-electron chi connectivity index (χ0n) is 7.99. The van der Waals surface area contributed by atoms with Crippen molar-refractivity contribution >= 4 is 32.3 Å². The van der Waals surface area contributed by atoms with Crippen molar-refractivity contribution < 1.29 is 9.00 Å². The fourth-order valence-electron chi connectivity index (χ4n) is 0.940. The van der Waals surface area contributed by atoms with Crippen LogP contribution in [0, 0.1) is 0 Å². The third kappa shape index (κ3) is 3.52. The number of hydrogen-bond acceptors (Lipinski definition) is 2. The van der Waals surface area contributed by atoms with Gasteiger partial charge in [0.25, 0.3) is 0 Å². The average molecular weight is 231 g/mol. The monoisotopic (exact) mass is 230 g/mol. The Balaban J connectivity index is 3.03. The van der Waals surface area contributed by atoms with Gasteiger partial charge in [-0.25, -0.2) is 0 Å². The summed E-state index contributed by atoms with van der Waals surface area (Å²) < 4.78 is 11.3. The molecule has 1 rings (SSSR count). The third-order valence-electron chi connectivity index (χ3n) is 1.52. The van der Waals surface area contributed by atoms with E-state index in [1.165, 1.54) is 17.9 Å². The van der Waals surface area contributed by atoms with Crippen molar-refractivity contribution in [3.63, 3.8) is 0 Å². The lowest BCUT2D eigenvalue weighted by atomic mass is 10.2. The largest absolute Gasteiger partial charge is 0.289 e. The van der Waals surface area contributed by atoms with E-state index in [1.807, 2.05) is 0 Å². The van der Waals surface area contributed by atoms with Crippen molar-refractivity contribution in [1.82, 2.24) is 0 Å². The second-order valence-electron chi connectivity index (χ2n) is 3.30. The van der Waals surface area contributed by atoms with Gasteiger partial charge in [-0.15, -0.1) is 0 Å². The molecule has 0 unspecified atom stereocenters. The SMILES string of the molecule is CS(C)(=O)=CC(=O)c1ccc(Cl)cc1. The summed E-state index contributed by atoms with van der Waals surface area (Å²) in [6, 6.07) is 6.50. The molecule has 0 spiro atoms. The summed E-state index contributed by atoms with van der Waals surface area (Å²) in [6.45, 7) is 0. The van der Waals surface area contributed by atoms with Gasteiger partial charge in [0.2, 0.25) is 0 Å². The van der Waals surface area contributed by atoms with Gasteiger partial charge in [0.1, 0.15) is 0 Å². The Labute approximate surface area is 88.9 Å². The first-order valence-corrected chi connectivity index (χ1v) is 6.79.